The lowest BCUT2D eigenvalue weighted by molar-refractivity contribution is 0.0952. The second-order valence-electron chi connectivity index (χ2n) is 8.32. The molecule has 1 amide bonds. The number of aromatic amines is 1. The molecule has 3 N–H and O–H groups in total. The van der Waals surface area contributed by atoms with Gasteiger partial charge in [-0.05, 0) is 61.2 Å². The Bertz CT molecular complexity index is 1440. The molecule has 0 fully saturated rings. The molecule has 4 rings (SSSR count). The first-order valence-corrected chi connectivity index (χ1v) is 12.8. The fourth-order valence-electron chi connectivity index (χ4n) is 3.83. The Labute approximate surface area is 204 Å². The summed E-state index contributed by atoms with van der Waals surface area (Å²) in [4.78, 5) is 27.2. The van der Waals surface area contributed by atoms with Crippen LogP contribution in [-0.2, 0) is 23.0 Å². The molecule has 0 radical (unpaired) electrons. The molecule has 0 atom stereocenters. The molecule has 7 nitrogen and oxygen atoms in total. The number of nitrogens with one attached hydrogen (secondary N) is 3. The molecule has 8 heteroatoms. The van der Waals surface area contributed by atoms with Crippen molar-refractivity contribution in [1.82, 2.24) is 15.0 Å². The number of fused-ring (bicyclic) bond motifs is 1. The molecule has 0 aliphatic rings. The largest absolute Gasteiger partial charge is 0.361 e. The molecule has 0 spiro atoms. The molecule has 0 unspecified atom stereocenters. The fourth-order valence-corrected chi connectivity index (χ4v) is 4.84. The van der Waals surface area contributed by atoms with Crippen LogP contribution in [0.25, 0.3) is 10.9 Å². The number of aromatic nitrogens is 1. The van der Waals surface area contributed by atoms with Crippen LogP contribution in [0.3, 0.4) is 0 Å². The maximum Gasteiger partial charge on any atom is 0.251 e. The van der Waals surface area contributed by atoms with E-state index in [0.717, 1.165) is 23.9 Å². The summed E-state index contributed by atoms with van der Waals surface area (Å²) in [5.41, 5.74) is 4.04. The smallest absolute Gasteiger partial charge is 0.251 e. The number of para-hydroxylation sites is 1. The molecular weight excluding hydrogens is 462 g/mol. The number of carbonyl (C=O) groups is 2. The Hall–Kier alpha value is -3.75. The number of hydrogen-bond acceptors (Lipinski definition) is 4. The normalized spacial score (nSPS) is 11.5. The molecule has 0 aliphatic carbocycles. The quantitative estimate of drug-likeness (QED) is 0.229. The summed E-state index contributed by atoms with van der Waals surface area (Å²) >= 11 is 0. The van der Waals surface area contributed by atoms with Gasteiger partial charge in [0.2, 0.25) is 10.0 Å². The third-order valence-corrected chi connectivity index (χ3v) is 7.25. The Morgan fingerprint density at radius 2 is 1.57 bits per heavy atom. The number of rotatable bonds is 10. The minimum Gasteiger partial charge on any atom is -0.361 e. The number of amides is 1. The number of ketones is 1. The lowest BCUT2D eigenvalue weighted by Gasteiger charge is -2.09. The average Bonchev–Trinajstić information content (AvgIpc) is 3.29. The number of H-pyrrole nitrogens is 1. The zero-order chi connectivity index (χ0) is 24.8. The predicted molar refractivity (Wildman–Crippen MR) is 136 cm³/mol. The summed E-state index contributed by atoms with van der Waals surface area (Å²) < 4.78 is 27.5. The number of carbonyl (C=O) groups excluding carboxylic acids is 2. The van der Waals surface area contributed by atoms with Crippen molar-refractivity contribution in [2.75, 3.05) is 6.54 Å². The Balaban J connectivity index is 1.25. The van der Waals surface area contributed by atoms with Gasteiger partial charge in [0.05, 0.1) is 4.90 Å². The minimum absolute atomic E-state index is 0.0866. The zero-order valence-electron chi connectivity index (χ0n) is 19.4. The van der Waals surface area contributed by atoms with Gasteiger partial charge in [0.15, 0.2) is 5.78 Å². The van der Waals surface area contributed by atoms with Gasteiger partial charge < -0.3 is 10.3 Å². The molecule has 35 heavy (non-hydrogen) atoms. The van der Waals surface area contributed by atoms with Gasteiger partial charge >= 0.3 is 0 Å². The van der Waals surface area contributed by atoms with Gasteiger partial charge in [-0.3, -0.25) is 9.59 Å². The lowest BCUT2D eigenvalue weighted by atomic mass is 10.1. The van der Waals surface area contributed by atoms with Gasteiger partial charge in [0, 0.05) is 41.3 Å². The van der Waals surface area contributed by atoms with E-state index in [9.17, 15) is 18.0 Å². The van der Waals surface area contributed by atoms with Crippen molar-refractivity contribution in [3.05, 3.63) is 101 Å². The minimum atomic E-state index is -3.72. The number of hydrogen-bond donors (Lipinski definition) is 3. The van der Waals surface area contributed by atoms with E-state index in [1.54, 1.807) is 24.3 Å². The molecule has 3 aromatic carbocycles. The van der Waals surface area contributed by atoms with Gasteiger partial charge in [0.25, 0.3) is 5.91 Å². The maximum atomic E-state index is 12.5. The van der Waals surface area contributed by atoms with E-state index in [0.29, 0.717) is 17.7 Å². The van der Waals surface area contributed by atoms with E-state index in [2.05, 4.69) is 21.1 Å². The SMILES string of the molecule is CC(=O)c1ccc(S(=O)(=O)NCc2ccc(C(=O)NCCCc3c[nH]c4ccccc34)cc2)cc1. The van der Waals surface area contributed by atoms with Crippen LogP contribution in [0.4, 0.5) is 0 Å². The van der Waals surface area contributed by atoms with Crippen molar-refractivity contribution in [2.45, 2.75) is 31.2 Å². The molecular formula is C27H27N3O4S. The predicted octanol–water partition coefficient (Wildman–Crippen LogP) is 4.21. The molecule has 1 aromatic heterocycles. The first-order chi connectivity index (χ1) is 16.8. The van der Waals surface area contributed by atoms with Crippen molar-refractivity contribution in [3.8, 4) is 0 Å². The topological polar surface area (TPSA) is 108 Å². The second kappa shape index (κ2) is 10.7. The first-order valence-electron chi connectivity index (χ1n) is 11.4. The van der Waals surface area contributed by atoms with Crippen LogP contribution < -0.4 is 10.0 Å². The fraction of sp³-hybridized carbons (Fsp3) is 0.185. The number of benzene rings is 3. The summed E-state index contributed by atoms with van der Waals surface area (Å²) in [6, 6.07) is 20.8. The maximum absolute atomic E-state index is 12.5. The third kappa shape index (κ3) is 6.03. The van der Waals surface area contributed by atoms with Crippen LogP contribution >= 0.6 is 0 Å². The highest BCUT2D eigenvalue weighted by atomic mass is 32.2. The zero-order valence-corrected chi connectivity index (χ0v) is 20.2. The van der Waals surface area contributed by atoms with E-state index in [-0.39, 0.29) is 23.1 Å². The van der Waals surface area contributed by atoms with Crippen LogP contribution in [0.1, 0.15) is 45.2 Å². The molecule has 0 bridgehead atoms. The van der Waals surface area contributed by atoms with Crippen molar-refractivity contribution in [2.24, 2.45) is 0 Å². The lowest BCUT2D eigenvalue weighted by Crippen LogP contribution is -2.25. The van der Waals surface area contributed by atoms with Crippen LogP contribution in [-0.4, -0.2) is 31.6 Å². The highest BCUT2D eigenvalue weighted by molar-refractivity contribution is 7.89. The molecule has 0 saturated carbocycles. The number of Topliss-reactive ketones (excluding diaryl/α,β-unsaturated/α-hetero) is 1. The van der Waals surface area contributed by atoms with Crippen LogP contribution in [0, 0.1) is 0 Å². The van der Waals surface area contributed by atoms with Crippen molar-refractivity contribution in [3.63, 3.8) is 0 Å². The van der Waals surface area contributed by atoms with Crippen molar-refractivity contribution < 1.29 is 18.0 Å². The van der Waals surface area contributed by atoms with Gasteiger partial charge in [-0.2, -0.15) is 0 Å². The first kappa shape index (κ1) is 24.4. The molecule has 0 saturated heterocycles. The van der Waals surface area contributed by atoms with Crippen molar-refractivity contribution >= 4 is 32.6 Å². The summed E-state index contributed by atoms with van der Waals surface area (Å²) in [5.74, 6) is -0.290. The van der Waals surface area contributed by atoms with E-state index < -0.39 is 10.0 Å². The molecule has 0 aliphatic heterocycles. The number of sulfonamides is 1. The van der Waals surface area contributed by atoms with Gasteiger partial charge in [-0.1, -0.05) is 42.5 Å². The second-order valence-corrected chi connectivity index (χ2v) is 10.1. The Morgan fingerprint density at radius 1 is 0.886 bits per heavy atom. The molecule has 4 aromatic rings. The molecule has 1 heterocycles. The highest BCUT2D eigenvalue weighted by Gasteiger charge is 2.14. The summed E-state index contributed by atoms with van der Waals surface area (Å²) in [7, 11) is -3.72. The van der Waals surface area contributed by atoms with Crippen molar-refractivity contribution in [1.29, 1.82) is 0 Å². The van der Waals surface area contributed by atoms with E-state index >= 15 is 0 Å². The Kier molecular flexibility index (Phi) is 7.43. The number of aryl methyl sites for hydroxylation is 1. The van der Waals surface area contributed by atoms with E-state index in [1.165, 1.54) is 42.1 Å². The summed E-state index contributed by atoms with van der Waals surface area (Å²) in [6.07, 6.45) is 3.70. The third-order valence-electron chi connectivity index (χ3n) is 5.84. The van der Waals surface area contributed by atoms with E-state index in [1.807, 2.05) is 24.4 Å². The summed E-state index contributed by atoms with van der Waals surface area (Å²) in [6.45, 7) is 2.07. The Morgan fingerprint density at radius 3 is 2.29 bits per heavy atom. The monoisotopic (exact) mass is 489 g/mol. The standard InChI is InChI=1S/C27H27N3O4S/c1-19(31)21-12-14-24(15-13-21)35(33,34)30-17-20-8-10-22(11-9-20)27(32)28-16-4-5-23-18-29-26-7-3-2-6-25(23)26/h2-3,6-15,18,29-30H,4-5,16-17H2,1H3,(H,28,32). The van der Waals surface area contributed by atoms with Gasteiger partial charge in [-0.15, -0.1) is 0 Å². The van der Waals surface area contributed by atoms with Crippen LogP contribution in [0.15, 0.2) is 83.9 Å². The van der Waals surface area contributed by atoms with Gasteiger partial charge in [-0.25, -0.2) is 13.1 Å². The van der Waals surface area contributed by atoms with Gasteiger partial charge in [0.1, 0.15) is 0 Å². The van der Waals surface area contributed by atoms with Crippen LogP contribution in [0.5, 0.6) is 0 Å². The molecule has 180 valence electrons. The van der Waals surface area contributed by atoms with Crippen LogP contribution in [0.2, 0.25) is 0 Å². The highest BCUT2D eigenvalue weighted by Crippen LogP contribution is 2.19. The summed E-state index contributed by atoms with van der Waals surface area (Å²) in [5, 5.41) is 4.14. The average molecular weight is 490 g/mol. The van der Waals surface area contributed by atoms with E-state index in [4.69, 9.17) is 0 Å².